The minimum atomic E-state index is -4.99. The molecule has 3 aromatic rings. The summed E-state index contributed by atoms with van der Waals surface area (Å²) in [5.74, 6) is -1.70. The molecule has 0 atom stereocenters. The van der Waals surface area contributed by atoms with Crippen molar-refractivity contribution in [2.75, 3.05) is 5.32 Å². The van der Waals surface area contributed by atoms with Crippen molar-refractivity contribution >= 4 is 22.9 Å². The fraction of sp³-hybridized carbons (Fsp3) is 0.105. The third-order valence-corrected chi connectivity index (χ3v) is 4.68. The highest BCUT2D eigenvalue weighted by Crippen LogP contribution is 2.39. The number of benzene rings is 2. The van der Waals surface area contributed by atoms with Gasteiger partial charge in [0.1, 0.15) is 5.75 Å². The van der Waals surface area contributed by atoms with Gasteiger partial charge >= 0.3 is 12.4 Å². The van der Waals surface area contributed by atoms with Crippen LogP contribution in [0.5, 0.6) is 5.75 Å². The summed E-state index contributed by atoms with van der Waals surface area (Å²) < 4.78 is 78.2. The smallest absolute Gasteiger partial charge is 0.418 e. The molecule has 2 aromatic carbocycles. The molecule has 152 valence electrons. The molecule has 0 spiro atoms. The van der Waals surface area contributed by atoms with E-state index < -0.39 is 40.8 Å². The van der Waals surface area contributed by atoms with E-state index in [2.05, 4.69) is 0 Å². The summed E-state index contributed by atoms with van der Waals surface area (Å²) in [6.45, 7) is 0. The average molecular weight is 431 g/mol. The van der Waals surface area contributed by atoms with E-state index in [1.807, 2.05) is 5.32 Å². The number of phenolic OH excluding ortho intramolecular Hbond substituents is 1. The number of alkyl halides is 6. The van der Waals surface area contributed by atoms with Gasteiger partial charge in [0.15, 0.2) is 0 Å². The molecule has 0 aliphatic rings. The normalized spacial score (nSPS) is 12.1. The van der Waals surface area contributed by atoms with Crippen molar-refractivity contribution in [3.8, 4) is 16.9 Å². The topological polar surface area (TPSA) is 49.3 Å². The highest BCUT2D eigenvalue weighted by atomic mass is 32.1. The monoisotopic (exact) mass is 431 g/mol. The standard InChI is InChI=1S/C19H11F6NO2S/c20-18(21,22)12-2-3-14(19(23,24)25)15(8-12)26-17(28)13-7-10(1-4-16(13)27)11-5-6-29-9-11/h1-9,27H,(H,26,28). The summed E-state index contributed by atoms with van der Waals surface area (Å²) in [4.78, 5) is 12.5. The minimum Gasteiger partial charge on any atom is -0.507 e. The van der Waals surface area contributed by atoms with Crippen LogP contribution in [0.15, 0.2) is 53.2 Å². The van der Waals surface area contributed by atoms with Gasteiger partial charge in [-0.15, -0.1) is 0 Å². The Labute approximate surface area is 164 Å². The van der Waals surface area contributed by atoms with Gasteiger partial charge in [-0.05, 0) is 58.3 Å². The number of carbonyl (C=O) groups is 1. The molecule has 1 aromatic heterocycles. The number of hydrogen-bond donors (Lipinski definition) is 2. The van der Waals surface area contributed by atoms with Crippen molar-refractivity contribution in [3.63, 3.8) is 0 Å². The maximum Gasteiger partial charge on any atom is 0.418 e. The Morgan fingerprint density at radius 3 is 2.21 bits per heavy atom. The number of phenols is 1. The molecular formula is C19H11F6NO2S. The molecule has 2 N–H and O–H groups in total. The van der Waals surface area contributed by atoms with Gasteiger partial charge in [-0.25, -0.2) is 0 Å². The Morgan fingerprint density at radius 1 is 0.897 bits per heavy atom. The number of hydrogen-bond acceptors (Lipinski definition) is 3. The lowest BCUT2D eigenvalue weighted by atomic mass is 10.0. The van der Waals surface area contributed by atoms with Gasteiger partial charge in [-0.3, -0.25) is 4.79 Å². The van der Waals surface area contributed by atoms with Crippen molar-refractivity contribution in [1.82, 2.24) is 0 Å². The third-order valence-electron chi connectivity index (χ3n) is 4.00. The largest absolute Gasteiger partial charge is 0.507 e. The molecule has 0 fully saturated rings. The Balaban J connectivity index is 2.01. The molecule has 0 radical (unpaired) electrons. The van der Waals surface area contributed by atoms with Crippen LogP contribution in [0.4, 0.5) is 32.0 Å². The Hall–Kier alpha value is -3.01. The number of carbonyl (C=O) groups excluding carboxylic acids is 1. The number of nitrogens with one attached hydrogen (secondary N) is 1. The van der Waals surface area contributed by atoms with Crippen LogP contribution in [-0.2, 0) is 12.4 Å². The van der Waals surface area contributed by atoms with E-state index in [0.717, 1.165) is 0 Å². The molecule has 1 amide bonds. The van der Waals surface area contributed by atoms with Gasteiger partial charge in [0.05, 0.1) is 22.4 Å². The number of amides is 1. The summed E-state index contributed by atoms with van der Waals surface area (Å²) in [7, 11) is 0. The Kier molecular flexibility index (Phi) is 5.31. The lowest BCUT2D eigenvalue weighted by molar-refractivity contribution is -0.140. The van der Waals surface area contributed by atoms with Crippen molar-refractivity contribution < 1.29 is 36.2 Å². The first-order valence-corrected chi connectivity index (χ1v) is 8.86. The molecule has 0 unspecified atom stereocenters. The molecule has 3 nitrogen and oxygen atoms in total. The Morgan fingerprint density at radius 2 is 1.62 bits per heavy atom. The van der Waals surface area contributed by atoms with Gasteiger partial charge in [0.25, 0.3) is 5.91 Å². The number of halogens is 6. The molecule has 1 heterocycles. The fourth-order valence-corrected chi connectivity index (χ4v) is 3.25. The van der Waals surface area contributed by atoms with Crippen LogP contribution in [0.25, 0.3) is 11.1 Å². The highest BCUT2D eigenvalue weighted by Gasteiger charge is 2.37. The number of aromatic hydroxyl groups is 1. The second kappa shape index (κ2) is 7.43. The number of anilines is 1. The molecule has 10 heteroatoms. The van der Waals surface area contributed by atoms with E-state index in [1.54, 1.807) is 16.8 Å². The molecule has 0 saturated heterocycles. The summed E-state index contributed by atoms with van der Waals surface area (Å²) in [5, 5.41) is 15.3. The zero-order chi connectivity index (χ0) is 21.4. The quantitative estimate of drug-likeness (QED) is 0.471. The Bertz CT molecular complexity index is 1040. The predicted octanol–water partition coefficient (Wildman–Crippen LogP) is 6.41. The van der Waals surface area contributed by atoms with E-state index in [-0.39, 0.29) is 23.8 Å². The second-order valence-corrected chi connectivity index (χ2v) is 6.73. The maximum atomic E-state index is 13.2. The first-order valence-electron chi connectivity index (χ1n) is 7.92. The van der Waals surface area contributed by atoms with Crippen molar-refractivity contribution in [3.05, 3.63) is 69.9 Å². The van der Waals surface area contributed by atoms with Crippen molar-refractivity contribution in [2.24, 2.45) is 0 Å². The van der Waals surface area contributed by atoms with E-state index >= 15 is 0 Å². The van der Waals surface area contributed by atoms with Gasteiger partial charge in [0, 0.05) is 0 Å². The second-order valence-electron chi connectivity index (χ2n) is 5.95. The van der Waals surface area contributed by atoms with Crippen LogP contribution in [0.1, 0.15) is 21.5 Å². The summed E-state index contributed by atoms with van der Waals surface area (Å²) >= 11 is 1.37. The summed E-state index contributed by atoms with van der Waals surface area (Å²) in [5.41, 5.74) is -3.00. The number of rotatable bonds is 3. The first-order chi connectivity index (χ1) is 13.5. The SMILES string of the molecule is O=C(Nc1cc(C(F)(F)F)ccc1C(F)(F)F)c1cc(-c2ccsc2)ccc1O. The minimum absolute atomic E-state index is 0.209. The third kappa shape index (κ3) is 4.53. The molecule has 0 aliphatic carbocycles. The lowest BCUT2D eigenvalue weighted by Crippen LogP contribution is -2.18. The van der Waals surface area contributed by atoms with Gasteiger partial charge in [0.2, 0.25) is 0 Å². The molecule has 0 bridgehead atoms. The van der Waals surface area contributed by atoms with Crippen molar-refractivity contribution in [2.45, 2.75) is 12.4 Å². The molecule has 3 rings (SSSR count). The van der Waals surface area contributed by atoms with Gasteiger partial charge < -0.3 is 10.4 Å². The summed E-state index contributed by atoms with van der Waals surface area (Å²) in [6.07, 6.45) is -9.89. The van der Waals surface area contributed by atoms with Crippen LogP contribution < -0.4 is 5.32 Å². The zero-order valence-electron chi connectivity index (χ0n) is 14.2. The van der Waals surface area contributed by atoms with E-state index in [0.29, 0.717) is 11.1 Å². The number of thiophene rings is 1. The van der Waals surface area contributed by atoms with Crippen LogP contribution in [0.2, 0.25) is 0 Å². The molecule has 0 saturated carbocycles. The van der Waals surface area contributed by atoms with Crippen LogP contribution in [0.3, 0.4) is 0 Å². The van der Waals surface area contributed by atoms with Crippen LogP contribution >= 0.6 is 11.3 Å². The van der Waals surface area contributed by atoms with E-state index in [1.165, 1.54) is 29.5 Å². The summed E-state index contributed by atoms with van der Waals surface area (Å²) in [6, 6.07) is 6.40. The zero-order valence-corrected chi connectivity index (χ0v) is 15.0. The maximum absolute atomic E-state index is 13.2. The highest BCUT2D eigenvalue weighted by molar-refractivity contribution is 7.08. The lowest BCUT2D eigenvalue weighted by Gasteiger charge is -2.17. The van der Waals surface area contributed by atoms with Crippen LogP contribution in [0, 0.1) is 0 Å². The van der Waals surface area contributed by atoms with Crippen LogP contribution in [-0.4, -0.2) is 11.0 Å². The first kappa shape index (κ1) is 20.7. The molecule has 29 heavy (non-hydrogen) atoms. The predicted molar refractivity (Wildman–Crippen MR) is 95.8 cm³/mol. The fourth-order valence-electron chi connectivity index (χ4n) is 2.59. The van der Waals surface area contributed by atoms with Crippen molar-refractivity contribution in [1.29, 1.82) is 0 Å². The average Bonchev–Trinajstić information content (AvgIpc) is 3.15. The van der Waals surface area contributed by atoms with Gasteiger partial charge in [-0.2, -0.15) is 37.7 Å². The van der Waals surface area contributed by atoms with Gasteiger partial charge in [-0.1, -0.05) is 6.07 Å². The molecule has 0 aliphatic heterocycles. The van der Waals surface area contributed by atoms with E-state index in [9.17, 15) is 36.2 Å². The van der Waals surface area contributed by atoms with E-state index in [4.69, 9.17) is 0 Å². The molecular weight excluding hydrogens is 420 g/mol.